The first-order valence-electron chi connectivity index (χ1n) is 6.50. The van der Waals surface area contributed by atoms with Gasteiger partial charge in [-0.3, -0.25) is 10.1 Å². The number of anilines is 2. The zero-order chi connectivity index (χ0) is 14.1. The molecular formula is C13H21N3O3. The highest BCUT2D eigenvalue weighted by atomic mass is 16.6. The average molecular weight is 267 g/mol. The van der Waals surface area contributed by atoms with Crippen LogP contribution in [-0.4, -0.2) is 24.7 Å². The molecule has 0 saturated carbocycles. The Morgan fingerprint density at radius 3 is 2.74 bits per heavy atom. The Morgan fingerprint density at radius 1 is 1.37 bits per heavy atom. The van der Waals surface area contributed by atoms with Gasteiger partial charge in [-0.05, 0) is 25.0 Å². The zero-order valence-electron chi connectivity index (χ0n) is 11.2. The molecule has 0 unspecified atom stereocenters. The molecule has 0 fully saturated rings. The standard InChI is InChI=1S/C13H21N3O3/c1-2-3-8-19-9-4-7-15-11-5-6-13(16(17)18)12(14)10-11/h5-6,10,15H,2-4,7-9,14H2,1H3. The highest BCUT2D eigenvalue weighted by Gasteiger charge is 2.10. The van der Waals surface area contributed by atoms with Crippen molar-refractivity contribution in [1.82, 2.24) is 0 Å². The molecule has 19 heavy (non-hydrogen) atoms. The number of nitro groups is 1. The third-order valence-corrected chi connectivity index (χ3v) is 2.66. The molecule has 1 rings (SSSR count). The molecule has 0 bridgehead atoms. The van der Waals surface area contributed by atoms with E-state index in [-0.39, 0.29) is 11.4 Å². The van der Waals surface area contributed by atoms with Gasteiger partial charge in [0.15, 0.2) is 0 Å². The van der Waals surface area contributed by atoms with Crippen LogP contribution in [0.3, 0.4) is 0 Å². The third kappa shape index (κ3) is 5.56. The summed E-state index contributed by atoms with van der Waals surface area (Å²) >= 11 is 0. The van der Waals surface area contributed by atoms with E-state index < -0.39 is 4.92 Å². The van der Waals surface area contributed by atoms with Gasteiger partial charge in [0, 0.05) is 31.5 Å². The van der Waals surface area contributed by atoms with E-state index in [1.807, 2.05) is 0 Å². The van der Waals surface area contributed by atoms with Gasteiger partial charge in [0.1, 0.15) is 5.69 Å². The lowest BCUT2D eigenvalue weighted by Crippen LogP contribution is -2.07. The van der Waals surface area contributed by atoms with Crippen LogP contribution in [0, 0.1) is 10.1 Å². The first-order valence-corrected chi connectivity index (χ1v) is 6.50. The van der Waals surface area contributed by atoms with Gasteiger partial charge in [-0.2, -0.15) is 0 Å². The molecule has 0 aliphatic carbocycles. The lowest BCUT2D eigenvalue weighted by atomic mass is 10.2. The van der Waals surface area contributed by atoms with Gasteiger partial charge in [-0.1, -0.05) is 13.3 Å². The van der Waals surface area contributed by atoms with E-state index in [4.69, 9.17) is 10.5 Å². The van der Waals surface area contributed by atoms with Crippen LogP contribution in [0.25, 0.3) is 0 Å². The molecule has 1 aromatic carbocycles. The molecule has 0 aliphatic heterocycles. The maximum atomic E-state index is 10.6. The fourth-order valence-corrected chi connectivity index (χ4v) is 1.59. The molecular weight excluding hydrogens is 246 g/mol. The fraction of sp³-hybridized carbons (Fsp3) is 0.538. The minimum atomic E-state index is -0.485. The summed E-state index contributed by atoms with van der Waals surface area (Å²) in [6.07, 6.45) is 3.12. The number of hydrogen-bond donors (Lipinski definition) is 2. The summed E-state index contributed by atoms with van der Waals surface area (Å²) in [5.74, 6) is 0. The van der Waals surface area contributed by atoms with E-state index in [2.05, 4.69) is 12.2 Å². The summed E-state index contributed by atoms with van der Waals surface area (Å²) in [5, 5.41) is 13.8. The number of nitrogen functional groups attached to an aromatic ring is 1. The molecule has 6 nitrogen and oxygen atoms in total. The van der Waals surface area contributed by atoms with Crippen LogP contribution in [-0.2, 0) is 4.74 Å². The number of nitrogens with zero attached hydrogens (tertiary/aromatic N) is 1. The zero-order valence-corrected chi connectivity index (χ0v) is 11.2. The van der Waals surface area contributed by atoms with E-state index in [0.29, 0.717) is 0 Å². The van der Waals surface area contributed by atoms with Gasteiger partial charge in [-0.15, -0.1) is 0 Å². The molecule has 0 aromatic heterocycles. The highest BCUT2D eigenvalue weighted by Crippen LogP contribution is 2.24. The van der Waals surface area contributed by atoms with Gasteiger partial charge >= 0.3 is 0 Å². The number of hydrogen-bond acceptors (Lipinski definition) is 5. The monoisotopic (exact) mass is 267 g/mol. The minimum Gasteiger partial charge on any atom is -0.393 e. The van der Waals surface area contributed by atoms with Crippen LogP contribution < -0.4 is 11.1 Å². The molecule has 6 heteroatoms. The molecule has 0 radical (unpaired) electrons. The lowest BCUT2D eigenvalue weighted by molar-refractivity contribution is -0.383. The molecule has 0 atom stereocenters. The van der Waals surface area contributed by atoms with Crippen LogP contribution in [0.5, 0.6) is 0 Å². The molecule has 0 spiro atoms. The molecule has 106 valence electrons. The van der Waals surface area contributed by atoms with E-state index in [1.165, 1.54) is 6.07 Å². The number of nitrogens with one attached hydrogen (secondary N) is 1. The van der Waals surface area contributed by atoms with Gasteiger partial charge in [0.25, 0.3) is 5.69 Å². The lowest BCUT2D eigenvalue weighted by Gasteiger charge is -2.07. The predicted molar refractivity (Wildman–Crippen MR) is 76.3 cm³/mol. The Hall–Kier alpha value is -1.82. The number of rotatable bonds is 9. The number of unbranched alkanes of at least 4 members (excludes halogenated alkanes) is 1. The van der Waals surface area contributed by atoms with Crippen LogP contribution in [0.1, 0.15) is 26.2 Å². The normalized spacial score (nSPS) is 10.4. The summed E-state index contributed by atoms with van der Waals surface area (Å²) in [6, 6.07) is 4.65. The topological polar surface area (TPSA) is 90.4 Å². The Labute approximate surface area is 113 Å². The molecule has 0 amide bonds. The number of ether oxygens (including phenoxy) is 1. The van der Waals surface area contributed by atoms with Crippen molar-refractivity contribution in [3.05, 3.63) is 28.3 Å². The summed E-state index contributed by atoms with van der Waals surface area (Å²) in [5.41, 5.74) is 6.50. The van der Waals surface area contributed by atoms with Gasteiger partial charge in [0.05, 0.1) is 4.92 Å². The second-order valence-corrected chi connectivity index (χ2v) is 4.28. The fourth-order valence-electron chi connectivity index (χ4n) is 1.59. The summed E-state index contributed by atoms with van der Waals surface area (Å²) < 4.78 is 5.43. The van der Waals surface area contributed by atoms with Crippen molar-refractivity contribution in [2.75, 3.05) is 30.8 Å². The van der Waals surface area contributed by atoms with Gasteiger partial charge < -0.3 is 15.8 Å². The number of benzene rings is 1. The van der Waals surface area contributed by atoms with E-state index >= 15 is 0 Å². The molecule has 0 saturated heterocycles. The average Bonchev–Trinajstić information content (AvgIpc) is 2.37. The van der Waals surface area contributed by atoms with Crippen molar-refractivity contribution >= 4 is 17.1 Å². The van der Waals surface area contributed by atoms with Crippen LogP contribution >= 0.6 is 0 Å². The Balaban J connectivity index is 2.26. The van der Waals surface area contributed by atoms with Crippen molar-refractivity contribution < 1.29 is 9.66 Å². The first kappa shape index (κ1) is 15.2. The highest BCUT2D eigenvalue weighted by molar-refractivity contribution is 5.65. The molecule has 0 heterocycles. The second-order valence-electron chi connectivity index (χ2n) is 4.28. The quantitative estimate of drug-likeness (QED) is 0.311. The molecule has 1 aromatic rings. The van der Waals surface area contributed by atoms with Gasteiger partial charge in [-0.25, -0.2) is 0 Å². The minimum absolute atomic E-state index is 0.0616. The van der Waals surface area contributed by atoms with Gasteiger partial charge in [0.2, 0.25) is 0 Å². The maximum absolute atomic E-state index is 10.6. The van der Waals surface area contributed by atoms with E-state index in [9.17, 15) is 10.1 Å². The molecule has 3 N–H and O–H groups in total. The van der Waals surface area contributed by atoms with Crippen molar-refractivity contribution in [1.29, 1.82) is 0 Å². The van der Waals surface area contributed by atoms with E-state index in [0.717, 1.165) is 44.7 Å². The first-order chi connectivity index (χ1) is 9.15. The maximum Gasteiger partial charge on any atom is 0.292 e. The number of nitrogens with two attached hydrogens (primary N) is 1. The third-order valence-electron chi connectivity index (χ3n) is 2.66. The predicted octanol–water partition coefficient (Wildman–Crippen LogP) is 2.80. The smallest absolute Gasteiger partial charge is 0.292 e. The van der Waals surface area contributed by atoms with Crippen LogP contribution in [0.4, 0.5) is 17.1 Å². The Morgan fingerprint density at radius 2 is 2.11 bits per heavy atom. The van der Waals surface area contributed by atoms with Crippen LogP contribution in [0.2, 0.25) is 0 Å². The van der Waals surface area contributed by atoms with Crippen molar-refractivity contribution in [2.24, 2.45) is 0 Å². The Bertz CT molecular complexity index is 410. The second kappa shape index (κ2) is 8.31. The van der Waals surface area contributed by atoms with Crippen LogP contribution in [0.15, 0.2) is 18.2 Å². The Kier molecular flexibility index (Phi) is 6.67. The molecule has 0 aliphatic rings. The van der Waals surface area contributed by atoms with E-state index in [1.54, 1.807) is 12.1 Å². The summed E-state index contributed by atoms with van der Waals surface area (Å²) in [4.78, 5) is 10.1. The largest absolute Gasteiger partial charge is 0.393 e. The van der Waals surface area contributed by atoms with Crippen molar-refractivity contribution in [3.63, 3.8) is 0 Å². The summed E-state index contributed by atoms with van der Waals surface area (Å²) in [6.45, 7) is 4.41. The van der Waals surface area contributed by atoms with Crippen molar-refractivity contribution in [2.45, 2.75) is 26.2 Å². The van der Waals surface area contributed by atoms with Crippen molar-refractivity contribution in [3.8, 4) is 0 Å². The SMILES string of the molecule is CCCCOCCCNc1ccc([N+](=O)[O-])c(N)c1. The number of nitro benzene ring substituents is 1. The summed E-state index contributed by atoms with van der Waals surface area (Å²) in [7, 11) is 0.